The number of rotatable bonds is 0. The maximum Gasteiger partial charge on any atom is 0 e. The molecule has 0 unspecified atom stereocenters. The van der Waals surface area contributed by atoms with Crippen molar-refractivity contribution in [2.45, 2.75) is 0 Å². The Morgan fingerprint density at radius 1 is 1.12 bits per heavy atom. The van der Waals surface area contributed by atoms with Gasteiger partial charge >= 0.3 is 59.3 Å². The van der Waals surface area contributed by atoms with E-state index in [9.17, 15) is 0 Å². The van der Waals surface area contributed by atoms with Gasteiger partial charge in [-0.15, -0.1) is 0 Å². The Hall–Kier alpha value is 2.84. The minimum atomic E-state index is -4.67. The van der Waals surface area contributed by atoms with Crippen molar-refractivity contribution in [3.63, 3.8) is 0 Å². The van der Waals surface area contributed by atoms with Crippen LogP contribution in [0.5, 0.6) is 0 Å². The van der Waals surface area contributed by atoms with Crippen LogP contribution in [0, 0.1) is 0 Å². The molecule has 2 N–H and O–H groups in total. The fraction of sp³-hybridized carbons (Fsp3) is 0. The van der Waals surface area contributed by atoms with E-state index in [1.54, 1.807) is 0 Å². The van der Waals surface area contributed by atoms with Gasteiger partial charge < -0.3 is 0 Å². The smallest absolute Gasteiger partial charge is 0 e. The van der Waals surface area contributed by atoms with Gasteiger partial charge in [-0.25, -0.2) is 0 Å². The molecule has 0 aromatic rings. The normalized spacial score (nSPS) is 7.25. The predicted octanol–water partition coefficient (Wildman–Crippen LogP) is -1.57. The SMILES string of the molecule is O=S(=O)(O)O.[BaH2].[Ti].[W]. The molecule has 0 aliphatic carbocycles. The molecule has 0 saturated heterocycles. The molecule has 0 rings (SSSR count). The van der Waals surface area contributed by atoms with E-state index in [2.05, 4.69) is 0 Å². The molecule has 0 fully saturated rings. The van der Waals surface area contributed by atoms with Crippen LogP contribution in [0.3, 0.4) is 0 Å². The molecule has 0 bridgehead atoms. The number of hydrogen-bond acceptors (Lipinski definition) is 2. The van der Waals surface area contributed by atoms with Gasteiger partial charge in [-0.05, 0) is 0 Å². The van der Waals surface area contributed by atoms with Crippen molar-refractivity contribution in [1.82, 2.24) is 0 Å². The summed E-state index contributed by atoms with van der Waals surface area (Å²) in [6.07, 6.45) is 0. The second-order valence-corrected chi connectivity index (χ2v) is 1.34. The Kier molecular flexibility index (Phi) is 27.6. The van der Waals surface area contributed by atoms with Gasteiger partial charge in [-0.1, -0.05) is 0 Å². The van der Waals surface area contributed by atoms with Gasteiger partial charge in [-0.2, -0.15) is 8.42 Å². The largest absolute Gasteiger partial charge is 0 e. The summed E-state index contributed by atoms with van der Waals surface area (Å²) in [5.41, 5.74) is 0. The molecule has 0 atom stereocenters. The Balaban J connectivity index is -0.0000000267. The Morgan fingerprint density at radius 2 is 1.12 bits per heavy atom. The minimum Gasteiger partial charge on any atom is 0 e. The first-order chi connectivity index (χ1) is 2.00. The summed E-state index contributed by atoms with van der Waals surface area (Å²) in [5.74, 6) is 0. The van der Waals surface area contributed by atoms with Crippen LogP contribution in [-0.2, 0) is 53.2 Å². The average molecular weight is 469 g/mol. The monoisotopic (exact) mass is 470 g/mol. The number of hydrogen-bond donors (Lipinski definition) is 2. The first-order valence-corrected chi connectivity index (χ1v) is 2.10. The summed E-state index contributed by atoms with van der Waals surface area (Å²) in [5, 5.41) is 0. The maximum absolute atomic E-state index is 8.74. The van der Waals surface area contributed by atoms with Crippen LogP contribution >= 0.6 is 0 Å². The molecule has 0 heterocycles. The molecule has 46 valence electrons. The van der Waals surface area contributed by atoms with E-state index in [0.29, 0.717) is 0 Å². The van der Waals surface area contributed by atoms with Crippen LogP contribution < -0.4 is 0 Å². The fourth-order valence-electron chi connectivity index (χ4n) is 0. The van der Waals surface area contributed by atoms with E-state index in [0.717, 1.165) is 0 Å². The fourth-order valence-corrected chi connectivity index (χ4v) is 0. The molecular formula is H4BaO4STiW. The summed E-state index contributed by atoms with van der Waals surface area (Å²) in [6.45, 7) is 0. The summed E-state index contributed by atoms with van der Waals surface area (Å²) in [7, 11) is -4.67. The third-order valence-corrected chi connectivity index (χ3v) is 0. The first kappa shape index (κ1) is 22.4. The Labute approximate surface area is 117 Å². The van der Waals surface area contributed by atoms with E-state index in [1.807, 2.05) is 0 Å². The Morgan fingerprint density at radius 3 is 1.12 bits per heavy atom. The van der Waals surface area contributed by atoms with Crippen molar-refractivity contribution in [3.8, 4) is 0 Å². The van der Waals surface area contributed by atoms with Gasteiger partial charge in [0, 0.05) is 42.8 Å². The maximum atomic E-state index is 8.74. The van der Waals surface area contributed by atoms with Crippen molar-refractivity contribution in [2.24, 2.45) is 0 Å². The molecule has 0 spiro atoms. The first-order valence-electron chi connectivity index (χ1n) is 0.698. The second kappa shape index (κ2) is 9.84. The molecule has 0 aliphatic rings. The summed E-state index contributed by atoms with van der Waals surface area (Å²) >= 11 is 0. The van der Waals surface area contributed by atoms with E-state index in [1.165, 1.54) is 0 Å². The van der Waals surface area contributed by atoms with Gasteiger partial charge in [0.05, 0.1) is 0 Å². The van der Waals surface area contributed by atoms with Gasteiger partial charge in [0.15, 0.2) is 0 Å². The van der Waals surface area contributed by atoms with E-state index >= 15 is 0 Å². The van der Waals surface area contributed by atoms with Crippen LogP contribution in [0.4, 0.5) is 0 Å². The quantitative estimate of drug-likeness (QED) is 0.332. The average Bonchev–Trinajstić information content (AvgIpc) is 0.722. The minimum absolute atomic E-state index is 0. The van der Waals surface area contributed by atoms with E-state index in [4.69, 9.17) is 17.5 Å². The molecule has 8 heteroatoms. The second-order valence-electron chi connectivity index (χ2n) is 0.448. The van der Waals surface area contributed by atoms with Crippen molar-refractivity contribution in [1.29, 1.82) is 0 Å². The summed E-state index contributed by atoms with van der Waals surface area (Å²) in [6, 6.07) is 0. The zero-order valence-corrected chi connectivity index (χ0v) is 8.34. The standard InChI is InChI=1S/Ba.H2O4S.Ti.W.2H/c;1-5(2,3)4;;;;/h;(H2,1,2,3,4);;;;. The van der Waals surface area contributed by atoms with Crippen LogP contribution in [0.25, 0.3) is 0 Å². The molecular weight excluding hydrogens is 465 g/mol. The summed E-state index contributed by atoms with van der Waals surface area (Å²) in [4.78, 5) is 0. The molecule has 8 heavy (non-hydrogen) atoms. The molecule has 0 aliphatic heterocycles. The van der Waals surface area contributed by atoms with E-state index < -0.39 is 10.4 Å². The van der Waals surface area contributed by atoms with Gasteiger partial charge in [-0.3, -0.25) is 9.11 Å². The van der Waals surface area contributed by atoms with Crippen molar-refractivity contribution in [3.05, 3.63) is 0 Å². The van der Waals surface area contributed by atoms with Crippen molar-refractivity contribution in [2.75, 3.05) is 0 Å². The predicted molar refractivity (Wildman–Crippen MR) is 22.7 cm³/mol. The third-order valence-electron chi connectivity index (χ3n) is 0. The molecule has 0 aromatic carbocycles. The van der Waals surface area contributed by atoms with Crippen LogP contribution in [0.15, 0.2) is 0 Å². The van der Waals surface area contributed by atoms with Crippen LogP contribution in [-0.4, -0.2) is 66.4 Å². The van der Waals surface area contributed by atoms with Crippen LogP contribution in [0.2, 0.25) is 0 Å². The molecule has 4 nitrogen and oxygen atoms in total. The van der Waals surface area contributed by atoms with Gasteiger partial charge in [0.2, 0.25) is 0 Å². The zero-order chi connectivity index (χ0) is 4.50. The third kappa shape index (κ3) is 67.3. The van der Waals surface area contributed by atoms with Crippen LogP contribution in [0.1, 0.15) is 0 Å². The Bertz CT molecular complexity index is 99.2. The molecule has 0 aromatic heterocycles. The zero-order valence-electron chi connectivity index (χ0n) is 3.03. The topological polar surface area (TPSA) is 74.6 Å². The van der Waals surface area contributed by atoms with Crippen molar-refractivity contribution >= 4 is 59.3 Å². The molecule has 0 amide bonds. The molecule has 0 saturated carbocycles. The van der Waals surface area contributed by atoms with Gasteiger partial charge in [0.1, 0.15) is 0 Å². The van der Waals surface area contributed by atoms with Gasteiger partial charge in [0.25, 0.3) is 0 Å². The molecule has 0 radical (unpaired) electrons. The summed E-state index contributed by atoms with van der Waals surface area (Å²) < 4.78 is 31.6. The van der Waals surface area contributed by atoms with E-state index in [-0.39, 0.29) is 91.7 Å². The van der Waals surface area contributed by atoms with Crippen molar-refractivity contribution < 1.29 is 60.3 Å².